The molecule has 0 saturated carbocycles. The predicted molar refractivity (Wildman–Crippen MR) is 50.9 cm³/mol. The first-order valence-electron chi connectivity index (χ1n) is 4.16. The number of primary amides is 1. The second kappa shape index (κ2) is 3.99. The maximum absolute atomic E-state index is 10.5. The van der Waals surface area contributed by atoms with Gasteiger partial charge in [-0.3, -0.25) is 0 Å². The fraction of sp³-hybridized carbons (Fsp3) is 0.500. The summed E-state index contributed by atoms with van der Waals surface area (Å²) in [5.41, 5.74) is 6.63. The van der Waals surface area contributed by atoms with E-state index in [1.54, 1.807) is 18.8 Å². The molecule has 0 fully saturated rings. The molecule has 0 bridgehead atoms. The SMILES string of the molecule is COc1c(CNC(N)=O)c(C)nn1C. The molecule has 1 aromatic rings. The molecular weight excluding hydrogens is 184 g/mol. The van der Waals surface area contributed by atoms with Crippen LogP contribution in [0.4, 0.5) is 4.79 Å². The van der Waals surface area contributed by atoms with Crippen molar-refractivity contribution in [3.8, 4) is 5.88 Å². The number of methoxy groups -OCH3 is 1. The summed E-state index contributed by atoms with van der Waals surface area (Å²) in [5, 5.41) is 6.66. The van der Waals surface area contributed by atoms with E-state index >= 15 is 0 Å². The minimum atomic E-state index is -0.560. The molecule has 6 nitrogen and oxygen atoms in total. The molecule has 1 rings (SSSR count). The van der Waals surface area contributed by atoms with Gasteiger partial charge in [-0.05, 0) is 6.92 Å². The van der Waals surface area contributed by atoms with Crippen molar-refractivity contribution in [3.63, 3.8) is 0 Å². The Labute approximate surface area is 82.0 Å². The molecule has 0 aliphatic heterocycles. The van der Waals surface area contributed by atoms with E-state index in [4.69, 9.17) is 10.5 Å². The molecule has 3 N–H and O–H groups in total. The smallest absolute Gasteiger partial charge is 0.312 e. The number of nitrogens with two attached hydrogens (primary N) is 1. The van der Waals surface area contributed by atoms with Gasteiger partial charge >= 0.3 is 6.03 Å². The van der Waals surface area contributed by atoms with Crippen LogP contribution in [0.2, 0.25) is 0 Å². The molecule has 1 heterocycles. The van der Waals surface area contributed by atoms with Crippen molar-refractivity contribution in [3.05, 3.63) is 11.3 Å². The van der Waals surface area contributed by atoms with Crippen molar-refractivity contribution in [2.24, 2.45) is 12.8 Å². The number of aryl methyl sites for hydroxylation is 2. The minimum absolute atomic E-state index is 0.332. The standard InChI is InChI=1S/C8H14N4O2/c1-5-6(4-10-8(9)13)7(14-3)12(2)11-5/h4H2,1-3H3,(H3,9,10,13). The number of carbonyl (C=O) groups excluding carboxylic acids is 1. The number of carbonyl (C=O) groups is 1. The number of ether oxygens (including phenoxy) is 1. The summed E-state index contributed by atoms with van der Waals surface area (Å²) >= 11 is 0. The van der Waals surface area contributed by atoms with Crippen LogP contribution in [-0.2, 0) is 13.6 Å². The third-order valence-corrected chi connectivity index (χ3v) is 1.92. The highest BCUT2D eigenvalue weighted by atomic mass is 16.5. The highest BCUT2D eigenvalue weighted by Crippen LogP contribution is 2.20. The molecule has 0 unspecified atom stereocenters. The highest BCUT2D eigenvalue weighted by Gasteiger charge is 2.13. The first-order valence-corrected chi connectivity index (χ1v) is 4.16. The highest BCUT2D eigenvalue weighted by molar-refractivity contribution is 5.71. The van der Waals surface area contributed by atoms with E-state index < -0.39 is 6.03 Å². The number of hydrogen-bond acceptors (Lipinski definition) is 3. The molecule has 14 heavy (non-hydrogen) atoms. The van der Waals surface area contributed by atoms with Gasteiger partial charge < -0.3 is 15.8 Å². The second-order valence-corrected chi connectivity index (χ2v) is 2.91. The normalized spacial score (nSPS) is 9.93. The van der Waals surface area contributed by atoms with Gasteiger partial charge in [0.2, 0.25) is 5.88 Å². The van der Waals surface area contributed by atoms with Crippen LogP contribution in [0.1, 0.15) is 11.3 Å². The quantitative estimate of drug-likeness (QED) is 0.711. The zero-order valence-electron chi connectivity index (χ0n) is 8.50. The summed E-state index contributed by atoms with van der Waals surface area (Å²) in [6.07, 6.45) is 0. The monoisotopic (exact) mass is 198 g/mol. The topological polar surface area (TPSA) is 82.2 Å². The van der Waals surface area contributed by atoms with Gasteiger partial charge in [0.1, 0.15) is 0 Å². The van der Waals surface area contributed by atoms with Crippen LogP contribution in [0, 0.1) is 6.92 Å². The molecule has 2 amide bonds. The zero-order chi connectivity index (χ0) is 10.7. The van der Waals surface area contributed by atoms with E-state index in [0.717, 1.165) is 11.3 Å². The van der Waals surface area contributed by atoms with Gasteiger partial charge in [-0.2, -0.15) is 5.10 Å². The second-order valence-electron chi connectivity index (χ2n) is 2.91. The Morgan fingerprint density at radius 3 is 2.86 bits per heavy atom. The lowest BCUT2D eigenvalue weighted by atomic mass is 10.2. The lowest BCUT2D eigenvalue weighted by molar-refractivity contribution is 0.248. The number of rotatable bonds is 3. The number of nitrogens with one attached hydrogen (secondary N) is 1. The molecule has 6 heteroatoms. The molecule has 1 aromatic heterocycles. The molecule has 0 spiro atoms. The molecule has 78 valence electrons. The Balaban J connectivity index is 2.88. The van der Waals surface area contributed by atoms with Gasteiger partial charge in [-0.15, -0.1) is 0 Å². The summed E-state index contributed by atoms with van der Waals surface area (Å²) in [4.78, 5) is 10.5. The fourth-order valence-electron chi connectivity index (χ4n) is 1.32. The predicted octanol–water partition coefficient (Wildman–Crippen LogP) is -0.0946. The molecule has 0 atom stereocenters. The van der Waals surface area contributed by atoms with Crippen LogP contribution >= 0.6 is 0 Å². The van der Waals surface area contributed by atoms with Gasteiger partial charge in [0.15, 0.2) is 0 Å². The Morgan fingerprint density at radius 1 is 1.71 bits per heavy atom. The van der Waals surface area contributed by atoms with Crippen molar-refractivity contribution in [1.29, 1.82) is 0 Å². The Hall–Kier alpha value is -1.72. The molecule has 0 aliphatic carbocycles. The van der Waals surface area contributed by atoms with E-state index in [1.165, 1.54) is 0 Å². The van der Waals surface area contributed by atoms with E-state index in [1.807, 2.05) is 6.92 Å². The van der Waals surface area contributed by atoms with Gasteiger partial charge in [-0.1, -0.05) is 0 Å². The van der Waals surface area contributed by atoms with Gasteiger partial charge in [0.25, 0.3) is 0 Å². The molecule has 0 aromatic carbocycles. The van der Waals surface area contributed by atoms with Crippen LogP contribution in [0.5, 0.6) is 5.88 Å². The van der Waals surface area contributed by atoms with Crippen LogP contribution in [0.25, 0.3) is 0 Å². The van der Waals surface area contributed by atoms with Crippen molar-refractivity contribution in [2.45, 2.75) is 13.5 Å². The number of amides is 2. The van der Waals surface area contributed by atoms with E-state index in [2.05, 4.69) is 10.4 Å². The van der Waals surface area contributed by atoms with Gasteiger partial charge in [-0.25, -0.2) is 9.48 Å². The number of hydrogen-bond donors (Lipinski definition) is 2. The van der Waals surface area contributed by atoms with Gasteiger partial charge in [0, 0.05) is 7.05 Å². The average molecular weight is 198 g/mol. The fourth-order valence-corrected chi connectivity index (χ4v) is 1.32. The van der Waals surface area contributed by atoms with Gasteiger partial charge in [0.05, 0.1) is 24.9 Å². The zero-order valence-corrected chi connectivity index (χ0v) is 8.50. The lowest BCUT2D eigenvalue weighted by Crippen LogP contribution is -2.28. The van der Waals surface area contributed by atoms with E-state index in [9.17, 15) is 4.79 Å². The third kappa shape index (κ3) is 1.95. The summed E-state index contributed by atoms with van der Waals surface area (Å²) in [7, 11) is 3.34. The van der Waals surface area contributed by atoms with Crippen LogP contribution in [0.15, 0.2) is 0 Å². The van der Waals surface area contributed by atoms with Crippen molar-refractivity contribution in [2.75, 3.05) is 7.11 Å². The summed E-state index contributed by atoms with van der Waals surface area (Å²) in [6, 6.07) is -0.560. The molecular formula is C8H14N4O2. The number of nitrogens with zero attached hydrogens (tertiary/aromatic N) is 2. The summed E-state index contributed by atoms with van der Waals surface area (Å²) in [5.74, 6) is 0.635. The van der Waals surface area contributed by atoms with Crippen molar-refractivity contribution in [1.82, 2.24) is 15.1 Å². The van der Waals surface area contributed by atoms with E-state index in [0.29, 0.717) is 12.4 Å². The maximum atomic E-state index is 10.5. The Kier molecular flexibility index (Phi) is 2.95. The third-order valence-electron chi connectivity index (χ3n) is 1.92. The minimum Gasteiger partial charge on any atom is -0.481 e. The first-order chi connectivity index (χ1) is 6.56. The first kappa shape index (κ1) is 10.4. The molecule has 0 aliphatic rings. The van der Waals surface area contributed by atoms with Crippen LogP contribution in [0.3, 0.4) is 0 Å². The summed E-state index contributed by atoms with van der Waals surface area (Å²) in [6.45, 7) is 2.18. The Morgan fingerprint density at radius 2 is 2.36 bits per heavy atom. The van der Waals surface area contributed by atoms with E-state index in [-0.39, 0.29) is 0 Å². The van der Waals surface area contributed by atoms with Crippen molar-refractivity contribution >= 4 is 6.03 Å². The average Bonchev–Trinajstić information content (AvgIpc) is 2.36. The maximum Gasteiger partial charge on any atom is 0.312 e. The largest absolute Gasteiger partial charge is 0.481 e. The number of urea groups is 1. The molecule has 0 radical (unpaired) electrons. The lowest BCUT2D eigenvalue weighted by Gasteiger charge is -2.04. The Bertz CT molecular complexity index is 345. The summed E-state index contributed by atoms with van der Waals surface area (Å²) < 4.78 is 6.76. The number of aromatic nitrogens is 2. The van der Waals surface area contributed by atoms with Crippen LogP contribution < -0.4 is 15.8 Å². The molecule has 0 saturated heterocycles. The van der Waals surface area contributed by atoms with Crippen LogP contribution in [-0.4, -0.2) is 22.9 Å². The van der Waals surface area contributed by atoms with Crippen molar-refractivity contribution < 1.29 is 9.53 Å².